The number of likely N-dealkylation sites (N-methyl/N-ethyl adjacent to an activating group) is 1. The van der Waals surface area contributed by atoms with E-state index >= 15 is 0 Å². The van der Waals surface area contributed by atoms with E-state index in [9.17, 15) is 4.79 Å². The molecule has 3 aromatic rings. The molecule has 218 valence electrons. The van der Waals surface area contributed by atoms with E-state index in [1.54, 1.807) is 6.20 Å². The number of carbonyl (C=O) groups is 1. The largest absolute Gasteiger partial charge is 0.360 e. The Morgan fingerprint density at radius 2 is 2.07 bits per heavy atom. The van der Waals surface area contributed by atoms with Crippen molar-refractivity contribution < 1.29 is 4.79 Å². The highest BCUT2D eigenvalue weighted by atomic mass is 35.5. The fraction of sp³-hybridized carbons (Fsp3) is 0.531. The van der Waals surface area contributed by atoms with E-state index in [1.165, 1.54) is 12.8 Å². The quantitative estimate of drug-likeness (QED) is 0.222. The second-order valence-electron chi connectivity index (χ2n) is 12.9. The summed E-state index contributed by atoms with van der Waals surface area (Å²) in [6, 6.07) is 8.50. The van der Waals surface area contributed by atoms with Gasteiger partial charge < -0.3 is 20.5 Å². The highest BCUT2D eigenvalue weighted by Crippen LogP contribution is 2.51. The van der Waals surface area contributed by atoms with E-state index in [2.05, 4.69) is 55.5 Å². The van der Waals surface area contributed by atoms with Crippen molar-refractivity contribution in [2.45, 2.75) is 44.2 Å². The van der Waals surface area contributed by atoms with E-state index in [0.717, 1.165) is 97.3 Å². The van der Waals surface area contributed by atoms with Crippen LogP contribution in [0.3, 0.4) is 0 Å². The first-order chi connectivity index (χ1) is 19.8. The normalized spacial score (nSPS) is 28.3. The van der Waals surface area contributed by atoms with Crippen molar-refractivity contribution in [3.05, 3.63) is 53.3 Å². The van der Waals surface area contributed by atoms with E-state index < -0.39 is 0 Å². The molecule has 1 saturated heterocycles. The molecule has 9 heteroatoms. The monoisotopic (exact) mass is 575 g/mol. The molecule has 1 aromatic carbocycles. The first-order valence-electron chi connectivity index (χ1n) is 14.9. The number of aromatic nitrogens is 3. The third-order valence-electron chi connectivity index (χ3n) is 9.39. The van der Waals surface area contributed by atoms with Crippen LogP contribution in [-0.2, 0) is 4.79 Å². The lowest BCUT2D eigenvalue weighted by atomic mass is 9.80. The molecule has 2 aromatic heterocycles. The van der Waals surface area contributed by atoms with E-state index in [4.69, 9.17) is 16.6 Å². The molecule has 1 unspecified atom stereocenters. The van der Waals surface area contributed by atoms with Gasteiger partial charge in [-0.05, 0) is 77.1 Å². The molecule has 3 N–H and O–H groups in total. The summed E-state index contributed by atoms with van der Waals surface area (Å²) in [5.41, 5.74) is 3.81. The van der Waals surface area contributed by atoms with Gasteiger partial charge in [0.1, 0.15) is 6.29 Å². The first-order valence-corrected chi connectivity index (χ1v) is 15.3. The maximum Gasteiger partial charge on any atom is 0.223 e. The predicted octanol–water partition coefficient (Wildman–Crippen LogP) is 4.85. The van der Waals surface area contributed by atoms with E-state index in [0.29, 0.717) is 17.0 Å². The first kappa shape index (κ1) is 28.3. The Balaban J connectivity index is 1.02. The fourth-order valence-corrected chi connectivity index (χ4v) is 7.28. The summed E-state index contributed by atoms with van der Waals surface area (Å²) in [6.45, 7) is 7.26. The molecular weight excluding hydrogens is 534 g/mol. The van der Waals surface area contributed by atoms with Crippen LogP contribution in [0.2, 0.25) is 5.02 Å². The van der Waals surface area contributed by atoms with Crippen LogP contribution in [0.5, 0.6) is 0 Å². The summed E-state index contributed by atoms with van der Waals surface area (Å²) in [7, 11) is 4.06. The highest BCUT2D eigenvalue weighted by Gasteiger charge is 2.55. The van der Waals surface area contributed by atoms with Crippen LogP contribution in [-0.4, -0.2) is 89.4 Å². The van der Waals surface area contributed by atoms with Gasteiger partial charge in [0.2, 0.25) is 5.95 Å². The Morgan fingerprint density at radius 1 is 1.27 bits per heavy atom. The standard InChI is InChI=1S/C32H42ClN7O/c1-32(36-15-24-26-18-40(19-27(24)26)17-21(20-41)10-12-39(2)3)11-6-7-22(13-32)37-31-35-16-28(33)30(38-31)25-14-34-29-9-5-4-8-23(25)29/h4-5,8-10,14,16,20,22,24,26-27,34,36H,6-7,11-13,15,17-19H2,1-3H3,(H,35,37,38)/b21-10-/t22-,24?,26-,27+,32+/m1/s1. The molecule has 5 atom stereocenters. The van der Waals surface area contributed by atoms with Gasteiger partial charge in [-0.3, -0.25) is 9.69 Å². The van der Waals surface area contributed by atoms with Crippen molar-refractivity contribution in [2.24, 2.45) is 17.8 Å². The molecular formula is C32H42ClN7O. The minimum Gasteiger partial charge on any atom is -0.360 e. The topological polar surface area (TPSA) is 89.2 Å². The van der Waals surface area contributed by atoms with Crippen LogP contribution in [0, 0.1) is 17.8 Å². The molecule has 0 bridgehead atoms. The lowest BCUT2D eigenvalue weighted by molar-refractivity contribution is -0.105. The van der Waals surface area contributed by atoms with Gasteiger partial charge >= 0.3 is 0 Å². The zero-order valence-electron chi connectivity index (χ0n) is 24.4. The van der Waals surface area contributed by atoms with Gasteiger partial charge in [-0.15, -0.1) is 0 Å². The number of nitrogens with zero attached hydrogens (tertiary/aromatic N) is 4. The number of fused-ring (bicyclic) bond motifs is 2. The van der Waals surface area contributed by atoms with Crippen LogP contribution in [0.1, 0.15) is 32.6 Å². The third kappa shape index (κ3) is 6.36. The molecule has 2 saturated carbocycles. The number of hydrogen-bond acceptors (Lipinski definition) is 7. The molecule has 8 nitrogen and oxygen atoms in total. The molecule has 3 aliphatic rings. The molecule has 2 aliphatic carbocycles. The average molecular weight is 576 g/mol. The summed E-state index contributed by atoms with van der Waals surface area (Å²) in [6.07, 6.45) is 11.3. The smallest absolute Gasteiger partial charge is 0.223 e. The maximum absolute atomic E-state index is 11.5. The molecule has 1 aliphatic heterocycles. The SMILES string of the molecule is CN(C)C/C=C(\C=O)CN1C[C@@H]2C(CN[C@@]3(C)CCC[C@@H](Nc4ncc(Cl)c(-c5c[nH]c6ccccc56)n4)C3)[C@@H]2C1. The van der Waals surface area contributed by atoms with E-state index in [-0.39, 0.29) is 5.54 Å². The minimum atomic E-state index is 0.0954. The lowest BCUT2D eigenvalue weighted by Gasteiger charge is -2.39. The van der Waals surface area contributed by atoms with Crippen LogP contribution in [0.25, 0.3) is 22.2 Å². The number of aldehydes is 1. The molecule has 41 heavy (non-hydrogen) atoms. The van der Waals surface area contributed by atoms with Gasteiger partial charge in [0.25, 0.3) is 0 Å². The number of piperidine rings is 1. The number of H-pyrrole nitrogens is 1. The van der Waals surface area contributed by atoms with Gasteiger partial charge in [-0.1, -0.05) is 35.9 Å². The Labute approximate surface area is 247 Å². The number of halogens is 1. The number of hydrogen-bond donors (Lipinski definition) is 3. The second kappa shape index (κ2) is 11.8. The molecule has 3 heterocycles. The third-order valence-corrected chi connectivity index (χ3v) is 9.66. The predicted molar refractivity (Wildman–Crippen MR) is 166 cm³/mol. The summed E-state index contributed by atoms with van der Waals surface area (Å²) in [5.74, 6) is 2.90. The summed E-state index contributed by atoms with van der Waals surface area (Å²) in [4.78, 5) is 28.8. The fourth-order valence-electron chi connectivity index (χ4n) is 7.09. The molecule has 0 radical (unpaired) electrons. The number of benzene rings is 1. The van der Waals surface area contributed by atoms with Gasteiger partial charge in [0.05, 0.1) is 16.9 Å². The van der Waals surface area contributed by atoms with Crippen molar-refractivity contribution in [2.75, 3.05) is 52.1 Å². The summed E-state index contributed by atoms with van der Waals surface area (Å²) >= 11 is 6.56. The second-order valence-corrected chi connectivity index (χ2v) is 13.3. The molecule has 6 rings (SSSR count). The number of rotatable bonds is 11. The van der Waals surface area contributed by atoms with Crippen molar-refractivity contribution in [1.82, 2.24) is 30.1 Å². The Bertz CT molecular complexity index is 1410. The van der Waals surface area contributed by atoms with Crippen molar-refractivity contribution in [1.29, 1.82) is 0 Å². The van der Waals surface area contributed by atoms with Gasteiger partial charge in [-0.2, -0.15) is 0 Å². The minimum absolute atomic E-state index is 0.0954. The molecule has 0 amide bonds. The zero-order valence-corrected chi connectivity index (χ0v) is 25.1. The van der Waals surface area contributed by atoms with Crippen molar-refractivity contribution in [3.63, 3.8) is 0 Å². The number of nitrogens with one attached hydrogen (secondary N) is 3. The summed E-state index contributed by atoms with van der Waals surface area (Å²) < 4.78 is 0. The Kier molecular flexibility index (Phi) is 8.19. The number of para-hydroxylation sites is 1. The average Bonchev–Trinajstić information content (AvgIpc) is 3.25. The lowest BCUT2D eigenvalue weighted by Crippen LogP contribution is -2.50. The number of aromatic amines is 1. The van der Waals surface area contributed by atoms with Crippen molar-refractivity contribution in [3.8, 4) is 11.3 Å². The Morgan fingerprint density at radius 3 is 2.85 bits per heavy atom. The van der Waals surface area contributed by atoms with Gasteiger partial charge in [0, 0.05) is 66.0 Å². The van der Waals surface area contributed by atoms with Gasteiger partial charge in [0.15, 0.2) is 0 Å². The van der Waals surface area contributed by atoms with Crippen LogP contribution in [0.4, 0.5) is 5.95 Å². The van der Waals surface area contributed by atoms with Gasteiger partial charge in [-0.25, -0.2) is 9.97 Å². The summed E-state index contributed by atoms with van der Waals surface area (Å²) in [5, 5.41) is 9.25. The molecule has 0 spiro atoms. The number of carbonyl (C=O) groups excluding carboxylic acids is 1. The number of likely N-dealkylation sites (tertiary alicyclic amines) is 1. The van der Waals surface area contributed by atoms with Crippen LogP contribution in [0.15, 0.2) is 48.3 Å². The maximum atomic E-state index is 11.5. The van der Waals surface area contributed by atoms with Crippen molar-refractivity contribution >= 4 is 34.7 Å². The van der Waals surface area contributed by atoms with Crippen LogP contribution < -0.4 is 10.6 Å². The zero-order chi connectivity index (χ0) is 28.6. The van der Waals surface area contributed by atoms with Crippen LogP contribution >= 0.6 is 11.6 Å². The molecule has 3 fully saturated rings. The number of anilines is 1. The Hall–Kier alpha value is -2.78. The van der Waals surface area contributed by atoms with E-state index in [1.807, 2.05) is 32.4 Å². The highest BCUT2D eigenvalue weighted by molar-refractivity contribution is 6.33.